The molecule has 108 valence electrons. The molecule has 0 aliphatic carbocycles. The van der Waals surface area contributed by atoms with E-state index in [9.17, 15) is 9.50 Å². The van der Waals surface area contributed by atoms with Crippen molar-refractivity contribution in [2.75, 3.05) is 0 Å². The van der Waals surface area contributed by atoms with Crippen LogP contribution < -0.4 is 0 Å². The van der Waals surface area contributed by atoms with E-state index in [1.54, 1.807) is 18.2 Å². The van der Waals surface area contributed by atoms with Crippen LogP contribution in [-0.2, 0) is 0 Å². The first-order chi connectivity index (χ1) is 9.52. The molecule has 0 spiro atoms. The molecule has 1 aromatic carbocycles. The molecule has 1 aromatic heterocycles. The maximum absolute atomic E-state index is 13.0. The second kappa shape index (κ2) is 6.52. The number of hydrogen-bond acceptors (Lipinski definition) is 3. The van der Waals surface area contributed by atoms with Crippen molar-refractivity contribution in [3.63, 3.8) is 0 Å². The van der Waals surface area contributed by atoms with E-state index < -0.39 is 18.2 Å². The van der Waals surface area contributed by atoms with Gasteiger partial charge in [-0.1, -0.05) is 42.6 Å². The fourth-order valence-electron chi connectivity index (χ4n) is 2.09. The zero-order chi connectivity index (χ0) is 14.7. The van der Waals surface area contributed by atoms with Crippen LogP contribution in [0.5, 0.6) is 0 Å². The monoisotopic (exact) mass is 317 g/mol. The predicted octanol–water partition coefficient (Wildman–Crippen LogP) is 3.80. The Balaban J connectivity index is 2.33. The van der Waals surface area contributed by atoms with Crippen LogP contribution in [0.3, 0.4) is 0 Å². The standard InChI is InChI=1S/C13H14Cl2FN3O/c1-2-3-11(19-7-17-13(16)18-19)12(20)9-5-4-8(14)6-10(9)15/h4-7,11-12,20H,2-3H2,1H3/t11?,12-/m0/s1. The van der Waals surface area contributed by atoms with Crippen LogP contribution in [0.2, 0.25) is 10.0 Å². The van der Waals surface area contributed by atoms with Crippen molar-refractivity contribution >= 4 is 23.2 Å². The zero-order valence-electron chi connectivity index (χ0n) is 10.8. The lowest BCUT2D eigenvalue weighted by atomic mass is 9.99. The van der Waals surface area contributed by atoms with E-state index in [4.69, 9.17) is 23.2 Å². The SMILES string of the molecule is CCCC([C@@H](O)c1ccc(Cl)cc1Cl)n1cnc(F)n1. The molecular weight excluding hydrogens is 304 g/mol. The van der Waals surface area contributed by atoms with Gasteiger partial charge in [0.15, 0.2) is 0 Å². The maximum Gasteiger partial charge on any atom is 0.327 e. The molecule has 1 heterocycles. The topological polar surface area (TPSA) is 50.9 Å². The highest BCUT2D eigenvalue weighted by Crippen LogP contribution is 2.34. The number of benzene rings is 1. The minimum absolute atomic E-state index is 0.367. The molecule has 0 radical (unpaired) electrons. The average Bonchev–Trinajstić information content (AvgIpc) is 2.81. The Labute approximate surface area is 126 Å². The van der Waals surface area contributed by atoms with Gasteiger partial charge in [-0.25, -0.2) is 4.68 Å². The number of hydrogen-bond donors (Lipinski definition) is 1. The average molecular weight is 318 g/mol. The molecule has 0 saturated carbocycles. The number of aliphatic hydroxyl groups excluding tert-OH is 1. The summed E-state index contributed by atoms with van der Waals surface area (Å²) in [5, 5.41) is 15.0. The van der Waals surface area contributed by atoms with Crippen LogP contribution in [-0.4, -0.2) is 19.9 Å². The lowest BCUT2D eigenvalue weighted by molar-refractivity contribution is 0.0994. The first-order valence-electron chi connectivity index (χ1n) is 6.22. The second-order valence-corrected chi connectivity index (χ2v) is 5.30. The van der Waals surface area contributed by atoms with Crippen LogP contribution in [0.15, 0.2) is 24.5 Å². The molecule has 1 unspecified atom stereocenters. The van der Waals surface area contributed by atoms with Gasteiger partial charge in [-0.3, -0.25) is 0 Å². The van der Waals surface area contributed by atoms with Crippen LogP contribution in [0.25, 0.3) is 0 Å². The lowest BCUT2D eigenvalue weighted by Gasteiger charge is -2.23. The maximum atomic E-state index is 13.0. The highest BCUT2D eigenvalue weighted by atomic mass is 35.5. The summed E-state index contributed by atoms with van der Waals surface area (Å²) in [7, 11) is 0. The van der Waals surface area contributed by atoms with Gasteiger partial charge in [0.25, 0.3) is 0 Å². The molecule has 20 heavy (non-hydrogen) atoms. The van der Waals surface area contributed by atoms with Gasteiger partial charge >= 0.3 is 6.08 Å². The van der Waals surface area contributed by atoms with Gasteiger partial charge < -0.3 is 5.11 Å². The third-order valence-corrected chi connectivity index (χ3v) is 3.61. The molecule has 2 rings (SSSR count). The molecule has 0 bridgehead atoms. The Kier molecular flexibility index (Phi) is 4.96. The molecule has 4 nitrogen and oxygen atoms in total. The van der Waals surface area contributed by atoms with Gasteiger partial charge in [0, 0.05) is 15.6 Å². The summed E-state index contributed by atoms with van der Waals surface area (Å²) in [6.07, 6.45) is 0.946. The van der Waals surface area contributed by atoms with Gasteiger partial charge in [-0.05, 0) is 18.6 Å². The first-order valence-corrected chi connectivity index (χ1v) is 6.98. The molecule has 1 N–H and O–H groups in total. The second-order valence-electron chi connectivity index (χ2n) is 4.46. The van der Waals surface area contributed by atoms with Crippen LogP contribution in [0.1, 0.15) is 37.5 Å². The summed E-state index contributed by atoms with van der Waals surface area (Å²) in [5.74, 6) is 0. The van der Waals surface area contributed by atoms with Gasteiger partial charge in [-0.2, -0.15) is 9.37 Å². The fourth-order valence-corrected chi connectivity index (χ4v) is 2.61. The van der Waals surface area contributed by atoms with Crippen molar-refractivity contribution in [3.8, 4) is 0 Å². The molecule has 0 fully saturated rings. The van der Waals surface area contributed by atoms with Crippen molar-refractivity contribution < 1.29 is 9.50 Å². The summed E-state index contributed by atoms with van der Waals surface area (Å²) in [6, 6.07) is 4.44. The largest absolute Gasteiger partial charge is 0.386 e. The summed E-state index contributed by atoms with van der Waals surface area (Å²) in [6.45, 7) is 1.97. The molecule has 2 aromatic rings. The first kappa shape index (κ1) is 15.2. The minimum Gasteiger partial charge on any atom is -0.386 e. The predicted molar refractivity (Wildman–Crippen MR) is 75.3 cm³/mol. The molecule has 2 atom stereocenters. The number of nitrogens with zero attached hydrogens (tertiary/aromatic N) is 3. The summed E-state index contributed by atoms with van der Waals surface area (Å²) in [4.78, 5) is 3.45. The van der Waals surface area contributed by atoms with Crippen molar-refractivity contribution in [2.45, 2.75) is 31.9 Å². The Morgan fingerprint density at radius 2 is 2.15 bits per heavy atom. The van der Waals surface area contributed by atoms with E-state index in [-0.39, 0.29) is 0 Å². The van der Waals surface area contributed by atoms with E-state index in [1.165, 1.54) is 11.0 Å². The van der Waals surface area contributed by atoms with Crippen molar-refractivity contribution in [1.82, 2.24) is 14.8 Å². The third kappa shape index (κ3) is 3.29. The molecule has 0 saturated heterocycles. The number of aliphatic hydroxyl groups is 1. The molecule has 0 aliphatic heterocycles. The number of halogens is 3. The van der Waals surface area contributed by atoms with Crippen LogP contribution in [0, 0.1) is 6.08 Å². The molecular formula is C13H14Cl2FN3O. The summed E-state index contributed by atoms with van der Waals surface area (Å²) < 4.78 is 14.3. The summed E-state index contributed by atoms with van der Waals surface area (Å²) in [5.41, 5.74) is 0.533. The van der Waals surface area contributed by atoms with E-state index in [1.807, 2.05) is 6.92 Å². The lowest BCUT2D eigenvalue weighted by Crippen LogP contribution is -2.19. The third-order valence-electron chi connectivity index (χ3n) is 3.05. The fraction of sp³-hybridized carbons (Fsp3) is 0.385. The van der Waals surface area contributed by atoms with Gasteiger partial charge in [0.05, 0.1) is 6.04 Å². The quantitative estimate of drug-likeness (QED) is 0.912. The Morgan fingerprint density at radius 1 is 1.40 bits per heavy atom. The highest BCUT2D eigenvalue weighted by molar-refractivity contribution is 6.35. The van der Waals surface area contributed by atoms with Crippen molar-refractivity contribution in [1.29, 1.82) is 0 Å². The minimum atomic E-state index is -0.916. The van der Waals surface area contributed by atoms with Crippen molar-refractivity contribution in [2.24, 2.45) is 0 Å². The Morgan fingerprint density at radius 3 is 2.70 bits per heavy atom. The van der Waals surface area contributed by atoms with Crippen LogP contribution in [0.4, 0.5) is 4.39 Å². The number of rotatable bonds is 5. The van der Waals surface area contributed by atoms with E-state index in [2.05, 4.69) is 10.1 Å². The van der Waals surface area contributed by atoms with Gasteiger partial charge in [0.1, 0.15) is 12.4 Å². The van der Waals surface area contributed by atoms with Gasteiger partial charge in [0.2, 0.25) is 0 Å². The highest BCUT2D eigenvalue weighted by Gasteiger charge is 2.25. The summed E-state index contributed by atoms with van der Waals surface area (Å²) >= 11 is 11.9. The van der Waals surface area contributed by atoms with Crippen LogP contribution >= 0.6 is 23.2 Å². The molecule has 0 amide bonds. The molecule has 7 heteroatoms. The van der Waals surface area contributed by atoms with E-state index >= 15 is 0 Å². The Bertz CT molecular complexity index is 591. The smallest absolute Gasteiger partial charge is 0.327 e. The Hall–Kier alpha value is -1.17. The van der Waals surface area contributed by atoms with E-state index in [0.717, 1.165) is 6.42 Å². The normalized spacial score (nSPS) is 14.2. The zero-order valence-corrected chi connectivity index (χ0v) is 12.3. The van der Waals surface area contributed by atoms with Crippen molar-refractivity contribution in [3.05, 3.63) is 46.2 Å². The number of aromatic nitrogens is 3. The van der Waals surface area contributed by atoms with Gasteiger partial charge in [-0.15, -0.1) is 5.10 Å². The van der Waals surface area contributed by atoms with E-state index in [0.29, 0.717) is 22.0 Å². The molecule has 0 aliphatic rings.